The zero-order valence-corrected chi connectivity index (χ0v) is 9.65. The van der Waals surface area contributed by atoms with Crippen LogP contribution in [0.1, 0.15) is 5.56 Å². The van der Waals surface area contributed by atoms with Crippen LogP contribution >= 0.6 is 12.2 Å². The lowest BCUT2D eigenvalue weighted by Gasteiger charge is -2.09. The Morgan fingerprint density at radius 1 is 1.33 bits per heavy atom. The van der Waals surface area contributed by atoms with Gasteiger partial charge in [0, 0.05) is 13.6 Å². The van der Waals surface area contributed by atoms with Crippen LogP contribution in [0.4, 0.5) is 0 Å². The third-order valence-electron chi connectivity index (χ3n) is 1.85. The van der Waals surface area contributed by atoms with Crippen molar-refractivity contribution in [1.29, 1.82) is 0 Å². The van der Waals surface area contributed by atoms with Gasteiger partial charge in [0.1, 0.15) is 5.75 Å². The Morgan fingerprint density at radius 2 is 2.00 bits per heavy atom. The van der Waals surface area contributed by atoms with Crippen LogP contribution in [-0.2, 0) is 6.54 Å². The van der Waals surface area contributed by atoms with Crippen molar-refractivity contribution in [3.63, 3.8) is 0 Å². The van der Waals surface area contributed by atoms with Crippen LogP contribution in [0.25, 0.3) is 0 Å². The summed E-state index contributed by atoms with van der Waals surface area (Å²) in [6, 6.07) is 7.83. The highest BCUT2D eigenvalue weighted by Crippen LogP contribution is 2.10. The van der Waals surface area contributed by atoms with E-state index in [0.29, 0.717) is 11.7 Å². The molecular weight excluding hydrogens is 210 g/mol. The second-order valence-corrected chi connectivity index (χ2v) is 3.31. The summed E-state index contributed by atoms with van der Waals surface area (Å²) in [5, 5.41) is 3.63. The molecule has 82 valence electrons. The SMILES string of the molecule is CNNC(=S)NCc1ccc(OC)cc1. The van der Waals surface area contributed by atoms with Crippen molar-refractivity contribution in [2.75, 3.05) is 14.2 Å². The molecule has 1 rings (SSSR count). The minimum absolute atomic E-state index is 0.577. The number of ether oxygens (including phenoxy) is 1. The normalized spacial score (nSPS) is 9.47. The smallest absolute Gasteiger partial charge is 0.181 e. The third-order valence-corrected chi connectivity index (χ3v) is 2.10. The van der Waals surface area contributed by atoms with Crippen molar-refractivity contribution in [2.45, 2.75) is 6.54 Å². The van der Waals surface area contributed by atoms with E-state index in [0.717, 1.165) is 11.3 Å². The van der Waals surface area contributed by atoms with Crippen molar-refractivity contribution >= 4 is 17.3 Å². The highest BCUT2D eigenvalue weighted by Gasteiger charge is 1.95. The van der Waals surface area contributed by atoms with E-state index in [1.807, 2.05) is 24.3 Å². The van der Waals surface area contributed by atoms with Crippen LogP contribution in [0.5, 0.6) is 5.75 Å². The van der Waals surface area contributed by atoms with Crippen LogP contribution < -0.4 is 20.9 Å². The molecule has 15 heavy (non-hydrogen) atoms. The molecule has 0 saturated heterocycles. The van der Waals surface area contributed by atoms with Gasteiger partial charge in [0.25, 0.3) is 0 Å². The molecule has 0 aliphatic carbocycles. The van der Waals surface area contributed by atoms with Gasteiger partial charge in [-0.3, -0.25) is 5.43 Å². The van der Waals surface area contributed by atoms with Crippen LogP contribution in [-0.4, -0.2) is 19.3 Å². The van der Waals surface area contributed by atoms with E-state index in [-0.39, 0.29) is 0 Å². The molecule has 0 aliphatic heterocycles. The minimum Gasteiger partial charge on any atom is -0.497 e. The van der Waals surface area contributed by atoms with E-state index >= 15 is 0 Å². The van der Waals surface area contributed by atoms with Crippen LogP contribution in [0.2, 0.25) is 0 Å². The van der Waals surface area contributed by atoms with Gasteiger partial charge >= 0.3 is 0 Å². The van der Waals surface area contributed by atoms with Gasteiger partial charge in [-0.2, -0.15) is 0 Å². The second kappa shape index (κ2) is 6.21. The molecule has 0 saturated carbocycles. The van der Waals surface area contributed by atoms with Gasteiger partial charge in [0.2, 0.25) is 0 Å². The maximum atomic E-state index is 5.06. The fraction of sp³-hybridized carbons (Fsp3) is 0.300. The summed E-state index contributed by atoms with van der Waals surface area (Å²) < 4.78 is 5.06. The van der Waals surface area contributed by atoms with Crippen LogP contribution in [0.15, 0.2) is 24.3 Å². The fourth-order valence-corrected chi connectivity index (χ4v) is 1.26. The zero-order chi connectivity index (χ0) is 11.1. The summed E-state index contributed by atoms with van der Waals surface area (Å²) in [6.45, 7) is 0.692. The van der Waals surface area contributed by atoms with Gasteiger partial charge in [-0.15, -0.1) is 0 Å². The van der Waals surface area contributed by atoms with Crippen LogP contribution in [0, 0.1) is 0 Å². The van der Waals surface area contributed by atoms with E-state index in [1.165, 1.54) is 0 Å². The Bertz CT molecular complexity index is 313. The summed E-state index contributed by atoms with van der Waals surface area (Å²) in [6.07, 6.45) is 0. The summed E-state index contributed by atoms with van der Waals surface area (Å²) in [4.78, 5) is 0. The minimum atomic E-state index is 0.577. The molecule has 0 fully saturated rings. The van der Waals surface area contributed by atoms with Gasteiger partial charge in [0.15, 0.2) is 5.11 Å². The maximum Gasteiger partial charge on any atom is 0.181 e. The van der Waals surface area contributed by atoms with Crippen molar-refractivity contribution in [3.8, 4) is 5.75 Å². The molecule has 4 nitrogen and oxygen atoms in total. The monoisotopic (exact) mass is 225 g/mol. The predicted octanol–water partition coefficient (Wildman–Crippen LogP) is 0.794. The standard InChI is InChI=1S/C10H15N3OS/c1-11-13-10(15)12-7-8-3-5-9(14-2)6-4-8/h3-6,11H,7H2,1-2H3,(H2,12,13,15). The van der Waals surface area contributed by atoms with Crippen molar-refractivity contribution in [1.82, 2.24) is 16.2 Å². The lowest BCUT2D eigenvalue weighted by Crippen LogP contribution is -2.41. The number of hydrogen-bond acceptors (Lipinski definition) is 3. The summed E-state index contributed by atoms with van der Waals surface area (Å²) in [5.74, 6) is 0.856. The van der Waals surface area contributed by atoms with E-state index in [4.69, 9.17) is 17.0 Å². The van der Waals surface area contributed by atoms with Crippen molar-refractivity contribution in [2.24, 2.45) is 0 Å². The number of methoxy groups -OCH3 is 1. The highest BCUT2D eigenvalue weighted by atomic mass is 32.1. The maximum absolute atomic E-state index is 5.06. The molecule has 1 aromatic carbocycles. The number of rotatable bonds is 4. The first kappa shape index (κ1) is 11.7. The molecule has 0 amide bonds. The molecule has 5 heteroatoms. The first-order valence-corrected chi connectivity index (χ1v) is 5.00. The van der Waals surface area contributed by atoms with Crippen molar-refractivity contribution in [3.05, 3.63) is 29.8 Å². The number of benzene rings is 1. The van der Waals surface area contributed by atoms with Gasteiger partial charge in [-0.25, -0.2) is 5.43 Å². The quantitative estimate of drug-likeness (QED) is 0.522. The molecule has 0 aliphatic rings. The largest absolute Gasteiger partial charge is 0.497 e. The molecule has 0 radical (unpaired) electrons. The number of nitrogens with one attached hydrogen (secondary N) is 3. The molecule has 0 bridgehead atoms. The average molecular weight is 225 g/mol. The Hall–Kier alpha value is -1.33. The number of thiocarbonyl (C=S) groups is 1. The molecule has 0 unspecified atom stereocenters. The topological polar surface area (TPSA) is 45.3 Å². The Balaban J connectivity index is 2.40. The Morgan fingerprint density at radius 3 is 2.53 bits per heavy atom. The summed E-state index contributed by atoms with van der Waals surface area (Å²) in [7, 11) is 3.42. The number of hydrazine groups is 1. The zero-order valence-electron chi connectivity index (χ0n) is 8.83. The molecule has 1 aromatic rings. The lowest BCUT2D eigenvalue weighted by atomic mass is 10.2. The molecule has 0 atom stereocenters. The predicted molar refractivity (Wildman–Crippen MR) is 64.6 cm³/mol. The average Bonchev–Trinajstić information content (AvgIpc) is 2.27. The fourth-order valence-electron chi connectivity index (χ4n) is 1.08. The highest BCUT2D eigenvalue weighted by molar-refractivity contribution is 7.80. The van der Waals surface area contributed by atoms with Gasteiger partial charge in [-0.1, -0.05) is 12.1 Å². The molecular formula is C10H15N3OS. The Kier molecular flexibility index (Phi) is 4.86. The summed E-state index contributed by atoms with van der Waals surface area (Å²) >= 11 is 4.99. The third kappa shape index (κ3) is 4.14. The van der Waals surface area contributed by atoms with E-state index in [2.05, 4.69) is 16.2 Å². The molecule has 0 spiro atoms. The second-order valence-electron chi connectivity index (χ2n) is 2.91. The van der Waals surface area contributed by atoms with Crippen LogP contribution in [0.3, 0.4) is 0 Å². The van der Waals surface area contributed by atoms with E-state index in [1.54, 1.807) is 14.2 Å². The van der Waals surface area contributed by atoms with Crippen molar-refractivity contribution < 1.29 is 4.74 Å². The number of hydrogen-bond donors (Lipinski definition) is 3. The van der Waals surface area contributed by atoms with Gasteiger partial charge < -0.3 is 10.1 Å². The Labute approximate surface area is 95.0 Å². The molecule has 0 heterocycles. The summed E-state index contributed by atoms with van der Waals surface area (Å²) in [5.41, 5.74) is 6.68. The molecule has 3 N–H and O–H groups in total. The molecule has 0 aromatic heterocycles. The van der Waals surface area contributed by atoms with E-state index < -0.39 is 0 Å². The lowest BCUT2D eigenvalue weighted by molar-refractivity contribution is 0.414. The first-order valence-electron chi connectivity index (χ1n) is 4.59. The first-order chi connectivity index (χ1) is 7.26. The van der Waals surface area contributed by atoms with Gasteiger partial charge in [0.05, 0.1) is 7.11 Å². The van der Waals surface area contributed by atoms with E-state index in [9.17, 15) is 0 Å². The van der Waals surface area contributed by atoms with Gasteiger partial charge in [-0.05, 0) is 29.9 Å².